The summed E-state index contributed by atoms with van der Waals surface area (Å²) >= 11 is 2.73. The number of halogens is 2. The van der Waals surface area contributed by atoms with Crippen molar-refractivity contribution in [2.45, 2.75) is 23.6 Å². The lowest BCUT2D eigenvalue weighted by Gasteiger charge is -2.26. The van der Waals surface area contributed by atoms with Crippen LogP contribution in [0.1, 0.15) is 20.1 Å². The van der Waals surface area contributed by atoms with Gasteiger partial charge in [0.2, 0.25) is 0 Å². The number of nitrogens with one attached hydrogen (secondary N) is 1. The molecule has 11 heteroatoms. The van der Waals surface area contributed by atoms with Crippen LogP contribution in [0.25, 0.3) is 0 Å². The maximum atomic E-state index is 12.5. The van der Waals surface area contributed by atoms with Crippen LogP contribution in [0, 0.1) is 0 Å². The normalized spacial score (nSPS) is 15.5. The van der Waals surface area contributed by atoms with Gasteiger partial charge in [-0.2, -0.15) is 21.5 Å². The van der Waals surface area contributed by atoms with Crippen LogP contribution in [-0.4, -0.2) is 30.9 Å². The topological polar surface area (TPSA) is 66.5 Å². The molecule has 24 heavy (non-hydrogen) atoms. The summed E-state index contributed by atoms with van der Waals surface area (Å²) in [5, 5.41) is 3.38. The Balaban J connectivity index is 1.73. The van der Waals surface area contributed by atoms with Crippen molar-refractivity contribution >= 4 is 50.6 Å². The van der Waals surface area contributed by atoms with Crippen LogP contribution >= 0.6 is 34.4 Å². The fourth-order valence-electron chi connectivity index (χ4n) is 2.31. The zero-order chi connectivity index (χ0) is 17.3. The lowest BCUT2D eigenvalue weighted by atomic mass is 10.1. The van der Waals surface area contributed by atoms with Gasteiger partial charge in [0.15, 0.2) is 0 Å². The highest BCUT2D eigenvalue weighted by atomic mass is 32.2. The van der Waals surface area contributed by atoms with E-state index in [0.29, 0.717) is 6.42 Å². The number of hydrogen-bond acceptors (Lipinski definition) is 6. The number of carbonyl (C=O) groups excluding carboxylic acids is 1. The molecule has 1 aliphatic rings. The molecule has 1 aliphatic heterocycles. The summed E-state index contributed by atoms with van der Waals surface area (Å²) in [4.78, 5) is 13.4. The monoisotopic (exact) mass is 410 g/mol. The molecule has 130 valence electrons. The van der Waals surface area contributed by atoms with Crippen LogP contribution in [0.15, 0.2) is 27.8 Å². The molecule has 2 aromatic heterocycles. The first kappa shape index (κ1) is 17.8. The highest BCUT2D eigenvalue weighted by Crippen LogP contribution is 2.32. The summed E-state index contributed by atoms with van der Waals surface area (Å²) in [6.45, 7) is 0.476. The maximum absolute atomic E-state index is 12.5. The van der Waals surface area contributed by atoms with Crippen molar-refractivity contribution in [1.82, 2.24) is 9.03 Å². The zero-order valence-corrected chi connectivity index (χ0v) is 15.3. The second kappa shape index (κ2) is 7.08. The molecular formula is C13H12F2N2O3S4. The van der Waals surface area contributed by atoms with Gasteiger partial charge in [0, 0.05) is 22.9 Å². The Bertz CT molecular complexity index is 847. The Morgan fingerprint density at radius 1 is 1.29 bits per heavy atom. The lowest BCUT2D eigenvalue weighted by molar-refractivity contribution is 0.0980. The Labute approximate surface area is 149 Å². The molecule has 0 spiro atoms. The minimum absolute atomic E-state index is 0.0305. The van der Waals surface area contributed by atoms with Gasteiger partial charge < -0.3 is 0 Å². The van der Waals surface area contributed by atoms with E-state index in [1.165, 1.54) is 15.8 Å². The van der Waals surface area contributed by atoms with Gasteiger partial charge in [-0.3, -0.25) is 4.79 Å². The fraction of sp³-hybridized carbons (Fsp3) is 0.308. The molecule has 2 aromatic rings. The summed E-state index contributed by atoms with van der Waals surface area (Å²) in [6, 6.07) is 3.24. The van der Waals surface area contributed by atoms with E-state index in [-0.39, 0.29) is 34.6 Å². The second-order valence-electron chi connectivity index (χ2n) is 4.88. The Hall–Kier alpha value is -1.01. The maximum Gasteiger partial charge on any atom is 0.304 e. The standard InChI is InChI=1S/C13H12F2N2O3S4/c14-13(15)23-10-3-6-22-11(10)12(18)16-24(19,20)17-4-1-9-8(7-17)2-5-21-9/h2-3,5-6,13H,1,4,7H2,(H,16,18). The van der Waals surface area contributed by atoms with Crippen LogP contribution < -0.4 is 4.72 Å². The molecule has 0 radical (unpaired) electrons. The zero-order valence-electron chi connectivity index (χ0n) is 12.1. The number of hydrogen-bond donors (Lipinski definition) is 1. The highest BCUT2D eigenvalue weighted by molar-refractivity contribution is 7.99. The summed E-state index contributed by atoms with van der Waals surface area (Å²) in [6.07, 6.45) is 0.591. The average Bonchev–Trinajstić information content (AvgIpc) is 3.13. The SMILES string of the molecule is O=C(NS(=O)(=O)N1CCc2sccc2C1)c1sccc1SC(F)F. The van der Waals surface area contributed by atoms with E-state index in [2.05, 4.69) is 0 Å². The van der Waals surface area contributed by atoms with Gasteiger partial charge in [0.1, 0.15) is 4.88 Å². The molecule has 0 unspecified atom stereocenters. The largest absolute Gasteiger partial charge is 0.304 e. The van der Waals surface area contributed by atoms with Crippen LogP contribution in [0.5, 0.6) is 0 Å². The van der Waals surface area contributed by atoms with E-state index in [9.17, 15) is 22.0 Å². The van der Waals surface area contributed by atoms with Gasteiger partial charge in [0.25, 0.3) is 11.7 Å². The molecule has 0 aromatic carbocycles. The predicted molar refractivity (Wildman–Crippen MR) is 91.0 cm³/mol. The number of thioether (sulfide) groups is 1. The minimum atomic E-state index is -4.03. The van der Waals surface area contributed by atoms with Crippen molar-refractivity contribution in [3.05, 3.63) is 38.2 Å². The van der Waals surface area contributed by atoms with E-state index in [0.717, 1.165) is 21.8 Å². The van der Waals surface area contributed by atoms with Gasteiger partial charge >= 0.3 is 10.2 Å². The highest BCUT2D eigenvalue weighted by Gasteiger charge is 2.30. The molecule has 0 atom stereocenters. The number of amides is 1. The summed E-state index contributed by atoms with van der Waals surface area (Å²) < 4.78 is 53.0. The third-order valence-electron chi connectivity index (χ3n) is 3.39. The first-order chi connectivity index (χ1) is 11.4. The van der Waals surface area contributed by atoms with Crippen molar-refractivity contribution in [3.8, 4) is 0 Å². The average molecular weight is 411 g/mol. The molecule has 0 fully saturated rings. The van der Waals surface area contributed by atoms with E-state index >= 15 is 0 Å². The van der Waals surface area contributed by atoms with E-state index in [1.54, 1.807) is 11.3 Å². The predicted octanol–water partition coefficient (Wildman–Crippen LogP) is 3.16. The van der Waals surface area contributed by atoms with E-state index < -0.39 is 21.9 Å². The summed E-state index contributed by atoms with van der Waals surface area (Å²) in [5.74, 6) is -3.56. The first-order valence-electron chi connectivity index (χ1n) is 6.76. The Morgan fingerprint density at radius 3 is 2.79 bits per heavy atom. The third kappa shape index (κ3) is 3.80. The molecule has 1 amide bonds. The summed E-state index contributed by atoms with van der Waals surface area (Å²) in [7, 11) is -4.03. The van der Waals surface area contributed by atoms with E-state index in [1.807, 2.05) is 16.2 Å². The van der Waals surface area contributed by atoms with Gasteiger partial charge in [-0.05, 0) is 34.9 Å². The number of rotatable bonds is 5. The molecule has 3 heterocycles. The van der Waals surface area contributed by atoms with Gasteiger partial charge in [-0.15, -0.1) is 22.7 Å². The molecule has 0 saturated heterocycles. The molecule has 5 nitrogen and oxygen atoms in total. The number of thiophene rings is 2. The first-order valence-corrected chi connectivity index (χ1v) is 10.8. The molecule has 0 bridgehead atoms. The number of fused-ring (bicyclic) bond motifs is 1. The van der Waals surface area contributed by atoms with E-state index in [4.69, 9.17) is 0 Å². The minimum Gasteiger partial charge on any atom is -0.267 e. The van der Waals surface area contributed by atoms with Crippen LogP contribution in [-0.2, 0) is 23.2 Å². The number of alkyl halides is 2. The van der Waals surface area contributed by atoms with Crippen LogP contribution in [0.2, 0.25) is 0 Å². The molecule has 1 N–H and O–H groups in total. The molecule has 0 aliphatic carbocycles. The van der Waals surface area contributed by atoms with Gasteiger partial charge in [-0.1, -0.05) is 11.8 Å². The Kier molecular flexibility index (Phi) is 5.25. The number of nitrogens with zero attached hydrogens (tertiary/aromatic N) is 1. The van der Waals surface area contributed by atoms with Gasteiger partial charge in [-0.25, -0.2) is 4.72 Å². The van der Waals surface area contributed by atoms with Gasteiger partial charge in [0.05, 0.1) is 0 Å². The van der Waals surface area contributed by atoms with Crippen LogP contribution in [0.3, 0.4) is 0 Å². The fourth-order valence-corrected chi connectivity index (χ4v) is 5.96. The lowest BCUT2D eigenvalue weighted by Crippen LogP contribution is -2.45. The van der Waals surface area contributed by atoms with Crippen molar-refractivity contribution in [3.63, 3.8) is 0 Å². The quantitative estimate of drug-likeness (QED) is 0.769. The number of carbonyl (C=O) groups is 1. The molecule has 3 rings (SSSR count). The summed E-state index contributed by atoms with van der Waals surface area (Å²) in [5.41, 5.74) is 0.925. The van der Waals surface area contributed by atoms with Crippen molar-refractivity contribution in [1.29, 1.82) is 0 Å². The van der Waals surface area contributed by atoms with Crippen molar-refractivity contribution < 1.29 is 22.0 Å². The van der Waals surface area contributed by atoms with Crippen molar-refractivity contribution in [2.24, 2.45) is 0 Å². The Morgan fingerprint density at radius 2 is 2.04 bits per heavy atom. The molecular weight excluding hydrogens is 398 g/mol. The van der Waals surface area contributed by atoms with Crippen molar-refractivity contribution in [2.75, 3.05) is 6.54 Å². The molecule has 0 saturated carbocycles. The second-order valence-corrected chi connectivity index (χ2v) is 9.50. The smallest absolute Gasteiger partial charge is 0.267 e. The third-order valence-corrected chi connectivity index (χ3v) is 7.66. The van der Waals surface area contributed by atoms with Crippen LogP contribution in [0.4, 0.5) is 8.78 Å².